The number of benzene rings is 3. The molecule has 2 saturated heterocycles. The van der Waals surface area contributed by atoms with Gasteiger partial charge in [0.15, 0.2) is 20.1 Å². The van der Waals surface area contributed by atoms with Crippen LogP contribution in [0.25, 0.3) is 0 Å². The van der Waals surface area contributed by atoms with Crippen molar-refractivity contribution in [3.63, 3.8) is 0 Å². The van der Waals surface area contributed by atoms with Crippen molar-refractivity contribution in [1.82, 2.24) is 4.90 Å². The van der Waals surface area contributed by atoms with Crippen LogP contribution >= 0.6 is 0 Å². The van der Waals surface area contributed by atoms with Gasteiger partial charge < -0.3 is 29.2 Å². The summed E-state index contributed by atoms with van der Waals surface area (Å²) >= 11 is 0. The Morgan fingerprint density at radius 3 is 2.36 bits per heavy atom. The highest BCUT2D eigenvalue weighted by Crippen LogP contribution is 2.60. The standard InChI is InChI=1S/C38H43N3O8Si/c1-23-36(50(3,4)47)32(18-33(44)39-21-27-13-9-8-12-26(27)16-29(39)22-42)49-38(23)30-17-28(41-34(45)19-35(41)48-24(2)43)14-15-31(30)40(37(38)46)20-25-10-6-5-7-11-25/h5-15,17,23,29,32,35-36,42,47H,16,18-22H2,1-4H3/t23-,29+,32+,35?,36-,38+/m1/s1. The van der Waals surface area contributed by atoms with Crippen LogP contribution in [0, 0.1) is 5.92 Å². The first-order chi connectivity index (χ1) is 23.8. The smallest absolute Gasteiger partial charge is 0.304 e. The molecule has 1 spiro atoms. The molecule has 0 aromatic heterocycles. The largest absolute Gasteiger partial charge is 0.441 e. The first-order valence-corrected chi connectivity index (χ1v) is 20.2. The van der Waals surface area contributed by atoms with Gasteiger partial charge >= 0.3 is 5.97 Å². The minimum Gasteiger partial charge on any atom is -0.441 e. The molecule has 0 aliphatic carbocycles. The van der Waals surface area contributed by atoms with Crippen molar-refractivity contribution in [2.24, 2.45) is 5.92 Å². The predicted molar refractivity (Wildman–Crippen MR) is 187 cm³/mol. The molecule has 1 unspecified atom stereocenters. The number of hydrogen-bond donors (Lipinski definition) is 2. The van der Waals surface area contributed by atoms with Gasteiger partial charge in [-0.1, -0.05) is 61.5 Å². The van der Waals surface area contributed by atoms with Crippen molar-refractivity contribution < 1.29 is 38.6 Å². The fourth-order valence-electron chi connectivity index (χ4n) is 8.65. The van der Waals surface area contributed by atoms with Crippen molar-refractivity contribution in [3.8, 4) is 0 Å². The van der Waals surface area contributed by atoms with E-state index in [4.69, 9.17) is 9.47 Å². The van der Waals surface area contributed by atoms with E-state index in [0.29, 0.717) is 29.9 Å². The van der Waals surface area contributed by atoms with E-state index in [0.717, 1.165) is 16.7 Å². The number of nitrogens with zero attached hydrogens (tertiary/aromatic N) is 3. The number of aliphatic hydroxyl groups excluding tert-OH is 1. The van der Waals surface area contributed by atoms with Crippen LogP contribution in [0.2, 0.25) is 18.6 Å². The van der Waals surface area contributed by atoms with E-state index in [2.05, 4.69) is 0 Å². The number of carbonyl (C=O) groups is 4. The van der Waals surface area contributed by atoms with E-state index in [1.54, 1.807) is 28.0 Å². The van der Waals surface area contributed by atoms with Crippen molar-refractivity contribution >= 4 is 43.4 Å². The molecule has 3 amide bonds. The zero-order valence-corrected chi connectivity index (χ0v) is 29.7. The Bertz CT molecular complexity index is 1850. The molecule has 0 radical (unpaired) electrons. The van der Waals surface area contributed by atoms with Crippen LogP contribution in [0.5, 0.6) is 0 Å². The molecule has 2 fully saturated rings. The Kier molecular flexibility index (Phi) is 8.70. The molecule has 0 saturated carbocycles. The van der Waals surface area contributed by atoms with Gasteiger partial charge in [0.25, 0.3) is 5.91 Å². The summed E-state index contributed by atoms with van der Waals surface area (Å²) in [4.78, 5) is 70.4. The average molecular weight is 698 g/mol. The quantitative estimate of drug-likeness (QED) is 0.205. The summed E-state index contributed by atoms with van der Waals surface area (Å²) < 4.78 is 12.3. The zero-order chi connectivity index (χ0) is 35.5. The molecule has 4 heterocycles. The van der Waals surface area contributed by atoms with Crippen LogP contribution in [0.15, 0.2) is 72.8 Å². The summed E-state index contributed by atoms with van der Waals surface area (Å²) in [5.74, 6) is -1.78. The van der Waals surface area contributed by atoms with Gasteiger partial charge in [0.2, 0.25) is 11.8 Å². The van der Waals surface area contributed by atoms with Gasteiger partial charge in [0.1, 0.15) is 0 Å². The number of esters is 1. The van der Waals surface area contributed by atoms with Crippen LogP contribution in [0.3, 0.4) is 0 Å². The summed E-state index contributed by atoms with van der Waals surface area (Å²) in [6.07, 6.45) is -1.05. The molecule has 12 heteroatoms. The Balaban J connectivity index is 1.28. The molecule has 6 atom stereocenters. The molecular formula is C38H43N3O8Si. The predicted octanol–water partition coefficient (Wildman–Crippen LogP) is 3.99. The molecule has 2 N–H and O–H groups in total. The molecule has 4 aliphatic heterocycles. The van der Waals surface area contributed by atoms with E-state index in [-0.39, 0.29) is 43.7 Å². The van der Waals surface area contributed by atoms with E-state index in [1.807, 2.05) is 74.6 Å². The number of ether oxygens (including phenoxy) is 2. The first kappa shape index (κ1) is 34.1. The van der Waals surface area contributed by atoms with Crippen molar-refractivity contribution in [3.05, 3.63) is 95.1 Å². The SMILES string of the molecule is CC(=O)OC1CC(=O)N1c1ccc2c(c1)[C@]1(O[C@@H](CC(=O)N3Cc4ccccc4C[C@H]3CO)[C@H]([Si](C)(C)O)[C@H]1C)C(=O)N2Cc1ccccc1. The average Bonchev–Trinajstić information content (AvgIpc) is 3.49. The van der Waals surface area contributed by atoms with Gasteiger partial charge in [-0.05, 0) is 54.4 Å². The minimum atomic E-state index is -3.10. The third-order valence-corrected chi connectivity index (χ3v) is 13.4. The number of hydrogen-bond acceptors (Lipinski definition) is 8. The lowest BCUT2D eigenvalue weighted by Crippen LogP contribution is -2.55. The number of fused-ring (bicyclic) bond motifs is 3. The molecule has 0 bridgehead atoms. The molecule has 3 aromatic carbocycles. The Hall–Kier alpha value is -4.36. The topological polar surface area (TPSA) is 137 Å². The van der Waals surface area contributed by atoms with Gasteiger partial charge in [0.05, 0.1) is 43.8 Å². The third-order valence-electron chi connectivity index (χ3n) is 10.9. The highest BCUT2D eigenvalue weighted by Gasteiger charge is 2.66. The van der Waals surface area contributed by atoms with Crippen LogP contribution in [0.4, 0.5) is 11.4 Å². The number of rotatable bonds is 8. The van der Waals surface area contributed by atoms with Crippen molar-refractivity contribution in [2.75, 3.05) is 16.4 Å². The summed E-state index contributed by atoms with van der Waals surface area (Å²) in [6.45, 7) is 7.24. The maximum Gasteiger partial charge on any atom is 0.304 e. The van der Waals surface area contributed by atoms with E-state index >= 15 is 0 Å². The maximum absolute atomic E-state index is 14.9. The second-order valence-electron chi connectivity index (χ2n) is 14.5. The molecule has 4 aliphatic rings. The maximum atomic E-state index is 14.9. The Morgan fingerprint density at radius 1 is 1.00 bits per heavy atom. The Labute approximate surface area is 292 Å². The number of aliphatic hydroxyl groups is 1. The lowest BCUT2D eigenvalue weighted by Gasteiger charge is -2.39. The molecule has 3 aromatic rings. The van der Waals surface area contributed by atoms with E-state index < -0.39 is 49.7 Å². The third kappa shape index (κ3) is 5.64. The van der Waals surface area contributed by atoms with Crippen LogP contribution in [-0.2, 0) is 53.8 Å². The molecule has 11 nitrogen and oxygen atoms in total. The molecular weight excluding hydrogens is 655 g/mol. The van der Waals surface area contributed by atoms with Gasteiger partial charge in [-0.25, -0.2) is 0 Å². The fraction of sp³-hybridized carbons (Fsp3) is 0.421. The Morgan fingerprint density at radius 2 is 1.70 bits per heavy atom. The van der Waals surface area contributed by atoms with Crippen LogP contribution < -0.4 is 9.80 Å². The summed E-state index contributed by atoms with van der Waals surface area (Å²) in [6, 6.07) is 22.4. The molecule has 50 heavy (non-hydrogen) atoms. The molecule has 7 rings (SSSR count). The number of carbonyl (C=O) groups excluding carboxylic acids is 4. The van der Waals surface area contributed by atoms with Crippen molar-refractivity contribution in [1.29, 1.82) is 0 Å². The number of β-lactam (4-membered cyclic amide) rings is 1. The van der Waals surface area contributed by atoms with Crippen LogP contribution in [0.1, 0.15) is 48.9 Å². The number of anilines is 2. The second kappa shape index (κ2) is 12.8. The second-order valence-corrected chi connectivity index (χ2v) is 18.5. The van der Waals surface area contributed by atoms with Gasteiger partial charge in [-0.3, -0.25) is 24.1 Å². The van der Waals surface area contributed by atoms with Gasteiger partial charge in [-0.2, -0.15) is 0 Å². The lowest BCUT2D eigenvalue weighted by molar-refractivity contribution is -0.154. The zero-order valence-electron chi connectivity index (χ0n) is 28.7. The van der Waals surface area contributed by atoms with E-state index in [1.165, 1.54) is 11.8 Å². The monoisotopic (exact) mass is 697 g/mol. The lowest BCUT2D eigenvalue weighted by atomic mass is 9.82. The summed E-state index contributed by atoms with van der Waals surface area (Å²) in [7, 11) is -3.10. The molecule has 262 valence electrons. The highest BCUT2D eigenvalue weighted by atomic mass is 28.4. The van der Waals surface area contributed by atoms with Gasteiger partial charge in [0, 0.05) is 36.2 Å². The first-order valence-electron chi connectivity index (χ1n) is 17.2. The number of amides is 3. The van der Waals surface area contributed by atoms with Crippen LogP contribution in [-0.4, -0.2) is 71.8 Å². The van der Waals surface area contributed by atoms with Crippen molar-refractivity contribution in [2.45, 2.75) is 88.8 Å². The fourth-order valence-corrected chi connectivity index (χ4v) is 11.2. The summed E-state index contributed by atoms with van der Waals surface area (Å²) in [5, 5.41) is 10.3. The highest BCUT2D eigenvalue weighted by molar-refractivity contribution is 6.71. The van der Waals surface area contributed by atoms with E-state index in [9.17, 15) is 29.1 Å². The minimum absolute atomic E-state index is 0.0557. The normalized spacial score (nSPS) is 27.3. The van der Waals surface area contributed by atoms with Gasteiger partial charge in [-0.15, -0.1) is 0 Å². The summed E-state index contributed by atoms with van der Waals surface area (Å²) in [5.41, 5.74) is 2.59.